The Labute approximate surface area is 192 Å². The van der Waals surface area contributed by atoms with Gasteiger partial charge in [-0.25, -0.2) is 4.79 Å². The summed E-state index contributed by atoms with van der Waals surface area (Å²) in [5, 5.41) is 9.82. The zero-order chi connectivity index (χ0) is 22.6. The first-order valence-corrected chi connectivity index (χ1v) is 12.1. The molecule has 2 bridgehead atoms. The number of hydrogen-bond donors (Lipinski definition) is 1. The van der Waals surface area contributed by atoms with E-state index in [1.165, 1.54) is 16.7 Å². The van der Waals surface area contributed by atoms with Crippen molar-refractivity contribution in [1.29, 1.82) is 0 Å². The molecule has 2 amide bonds. The molecule has 5 rings (SSSR count). The number of benzene rings is 2. The number of carbonyl (C=O) groups excluding carboxylic acids is 1. The van der Waals surface area contributed by atoms with Gasteiger partial charge in [0.25, 0.3) is 0 Å². The van der Waals surface area contributed by atoms with Gasteiger partial charge >= 0.3 is 6.03 Å². The lowest BCUT2D eigenvalue weighted by Crippen LogP contribution is -2.66. The van der Waals surface area contributed by atoms with Gasteiger partial charge in [-0.05, 0) is 47.8 Å². The third-order valence-electron chi connectivity index (χ3n) is 9.36. The van der Waals surface area contributed by atoms with Gasteiger partial charge in [0.05, 0.1) is 0 Å². The molecule has 4 nitrogen and oxygen atoms in total. The van der Waals surface area contributed by atoms with Crippen LogP contribution in [0.15, 0.2) is 54.6 Å². The molecule has 0 radical (unpaired) electrons. The highest BCUT2D eigenvalue weighted by Crippen LogP contribution is 2.56. The first kappa shape index (κ1) is 21.5. The van der Waals surface area contributed by atoms with Crippen LogP contribution < -0.4 is 0 Å². The minimum absolute atomic E-state index is 0.0105. The van der Waals surface area contributed by atoms with E-state index in [2.05, 4.69) is 79.1 Å². The van der Waals surface area contributed by atoms with E-state index in [0.29, 0.717) is 13.0 Å². The third kappa shape index (κ3) is 3.02. The number of likely N-dealkylation sites (tertiary alicyclic amines) is 2. The number of rotatable bonds is 3. The van der Waals surface area contributed by atoms with Gasteiger partial charge in [0.15, 0.2) is 0 Å². The van der Waals surface area contributed by atoms with E-state index in [1.54, 1.807) is 0 Å². The molecule has 2 fully saturated rings. The molecule has 2 aromatic carbocycles. The highest BCUT2D eigenvalue weighted by Gasteiger charge is 2.57. The summed E-state index contributed by atoms with van der Waals surface area (Å²) in [4.78, 5) is 18.2. The smallest absolute Gasteiger partial charge is 0.320 e. The van der Waals surface area contributed by atoms with Gasteiger partial charge < -0.3 is 14.9 Å². The van der Waals surface area contributed by atoms with E-state index >= 15 is 0 Å². The number of fused-ring (bicyclic) bond motifs is 4. The topological polar surface area (TPSA) is 43.8 Å². The summed E-state index contributed by atoms with van der Waals surface area (Å²) in [7, 11) is 0. The van der Waals surface area contributed by atoms with Crippen LogP contribution in [0.5, 0.6) is 0 Å². The number of nitrogens with zero attached hydrogens (tertiary/aromatic N) is 2. The maximum absolute atomic E-state index is 13.9. The molecule has 1 unspecified atom stereocenters. The molecule has 3 aliphatic rings. The van der Waals surface area contributed by atoms with Crippen molar-refractivity contribution >= 4 is 6.03 Å². The highest BCUT2D eigenvalue weighted by atomic mass is 16.3. The lowest BCUT2D eigenvalue weighted by molar-refractivity contribution is -0.0224. The molecule has 2 aliphatic heterocycles. The van der Waals surface area contributed by atoms with E-state index < -0.39 is 0 Å². The molecule has 4 heteroatoms. The Morgan fingerprint density at radius 3 is 2.47 bits per heavy atom. The zero-order valence-electron chi connectivity index (χ0n) is 19.7. The molecule has 0 spiro atoms. The lowest BCUT2D eigenvalue weighted by Gasteiger charge is -2.61. The summed E-state index contributed by atoms with van der Waals surface area (Å²) in [5.74, 6) is 0. The van der Waals surface area contributed by atoms with Gasteiger partial charge in [0, 0.05) is 43.1 Å². The second-order valence-electron chi connectivity index (χ2n) is 10.9. The summed E-state index contributed by atoms with van der Waals surface area (Å²) in [6, 6.07) is 19.7. The van der Waals surface area contributed by atoms with Gasteiger partial charge in [-0.3, -0.25) is 0 Å². The Kier molecular flexibility index (Phi) is 5.12. The van der Waals surface area contributed by atoms with Crippen molar-refractivity contribution in [2.24, 2.45) is 5.41 Å². The summed E-state index contributed by atoms with van der Waals surface area (Å²) < 4.78 is 0. The Bertz CT molecular complexity index is 1000. The van der Waals surface area contributed by atoms with Gasteiger partial charge in [-0.2, -0.15) is 0 Å². The molecule has 0 saturated carbocycles. The van der Waals surface area contributed by atoms with Crippen LogP contribution in [0.4, 0.5) is 4.79 Å². The standard InChI is InChI=1S/C28H36N2O2/c1-26(2)24-19-21-9-7-8-12-23(21)27(26,3)13-17-30(24)25(32)29-16-14-28(20-29,15-18-31)22-10-5-4-6-11-22/h4-12,24,31H,13-20H2,1-3H3/t24-,27+,28?/m1/s1. The van der Waals surface area contributed by atoms with Crippen LogP contribution in [0, 0.1) is 5.41 Å². The molecule has 1 N–H and O–H groups in total. The zero-order valence-corrected chi connectivity index (χ0v) is 19.7. The lowest BCUT2D eigenvalue weighted by atomic mass is 9.51. The van der Waals surface area contributed by atoms with Gasteiger partial charge in [0.2, 0.25) is 0 Å². The Morgan fingerprint density at radius 1 is 1.00 bits per heavy atom. The highest BCUT2D eigenvalue weighted by molar-refractivity contribution is 5.76. The number of aliphatic hydroxyl groups excluding tert-OH is 1. The quantitative estimate of drug-likeness (QED) is 0.761. The van der Waals surface area contributed by atoms with Gasteiger partial charge in [-0.1, -0.05) is 75.4 Å². The number of carbonyl (C=O) groups is 1. The maximum Gasteiger partial charge on any atom is 0.320 e. The molecule has 2 saturated heterocycles. The van der Waals surface area contributed by atoms with Crippen LogP contribution >= 0.6 is 0 Å². The number of hydrogen-bond acceptors (Lipinski definition) is 2. The number of amides is 2. The first-order chi connectivity index (χ1) is 15.3. The van der Waals surface area contributed by atoms with Crippen molar-refractivity contribution < 1.29 is 9.90 Å². The van der Waals surface area contributed by atoms with Crippen molar-refractivity contribution in [3.63, 3.8) is 0 Å². The van der Waals surface area contributed by atoms with Crippen LogP contribution in [0.3, 0.4) is 0 Å². The molecule has 32 heavy (non-hydrogen) atoms. The summed E-state index contributed by atoms with van der Waals surface area (Å²) in [5.41, 5.74) is 4.06. The molecule has 170 valence electrons. The molecule has 2 aromatic rings. The van der Waals surface area contributed by atoms with Crippen LogP contribution in [-0.2, 0) is 17.3 Å². The Balaban J connectivity index is 1.43. The van der Waals surface area contributed by atoms with Crippen LogP contribution in [-0.4, -0.2) is 53.2 Å². The Morgan fingerprint density at radius 2 is 1.72 bits per heavy atom. The summed E-state index contributed by atoms with van der Waals surface area (Å²) >= 11 is 0. The minimum atomic E-state index is -0.148. The van der Waals surface area contributed by atoms with Gasteiger partial charge in [0.1, 0.15) is 0 Å². The Hall–Kier alpha value is -2.33. The average Bonchev–Trinajstić information content (AvgIpc) is 3.22. The van der Waals surface area contributed by atoms with Crippen molar-refractivity contribution in [1.82, 2.24) is 9.80 Å². The van der Waals surface area contributed by atoms with E-state index in [0.717, 1.165) is 32.4 Å². The predicted octanol–water partition coefficient (Wildman–Crippen LogP) is 4.75. The fourth-order valence-corrected chi connectivity index (χ4v) is 6.91. The van der Waals surface area contributed by atoms with Crippen molar-refractivity contribution in [3.05, 3.63) is 71.3 Å². The number of piperidine rings is 1. The number of aliphatic hydroxyl groups is 1. The normalized spacial score (nSPS) is 30.8. The molecule has 3 atom stereocenters. The second-order valence-corrected chi connectivity index (χ2v) is 10.9. The maximum atomic E-state index is 13.9. The van der Waals surface area contributed by atoms with Crippen LogP contribution in [0.25, 0.3) is 0 Å². The van der Waals surface area contributed by atoms with E-state index in [1.807, 2.05) is 6.07 Å². The summed E-state index contributed by atoms with van der Waals surface area (Å²) in [6.07, 6.45) is 3.53. The molecule has 0 aromatic heterocycles. The fourth-order valence-electron chi connectivity index (χ4n) is 6.91. The van der Waals surface area contributed by atoms with Crippen molar-refractivity contribution in [2.75, 3.05) is 26.2 Å². The predicted molar refractivity (Wildman–Crippen MR) is 128 cm³/mol. The van der Waals surface area contributed by atoms with E-state index in [-0.39, 0.29) is 34.9 Å². The number of urea groups is 1. The first-order valence-electron chi connectivity index (χ1n) is 12.1. The summed E-state index contributed by atoms with van der Waals surface area (Å²) in [6.45, 7) is 9.52. The largest absolute Gasteiger partial charge is 0.396 e. The van der Waals surface area contributed by atoms with Crippen LogP contribution in [0.2, 0.25) is 0 Å². The molecule has 2 heterocycles. The molecule has 1 aliphatic carbocycles. The second kappa shape index (κ2) is 7.62. The fraction of sp³-hybridized carbons (Fsp3) is 0.536. The van der Waals surface area contributed by atoms with Crippen molar-refractivity contribution in [2.45, 2.75) is 63.3 Å². The van der Waals surface area contributed by atoms with E-state index in [9.17, 15) is 9.90 Å². The van der Waals surface area contributed by atoms with Gasteiger partial charge in [-0.15, -0.1) is 0 Å². The van der Waals surface area contributed by atoms with E-state index in [4.69, 9.17) is 0 Å². The SMILES string of the molecule is CC1(C)[C@H]2Cc3ccccc3[C@]1(C)CCN2C(=O)N1CCC(CCO)(c2ccccc2)C1. The third-order valence-corrected chi connectivity index (χ3v) is 9.36. The van der Waals surface area contributed by atoms with Crippen molar-refractivity contribution in [3.8, 4) is 0 Å². The average molecular weight is 433 g/mol. The molecular formula is C28H36N2O2. The van der Waals surface area contributed by atoms with Crippen LogP contribution in [0.1, 0.15) is 56.7 Å². The molecular weight excluding hydrogens is 396 g/mol. The minimum Gasteiger partial charge on any atom is -0.396 e. The monoisotopic (exact) mass is 432 g/mol.